The topological polar surface area (TPSA) is 114 Å². The first kappa shape index (κ1) is 26.8. The Morgan fingerprint density at radius 1 is 1.11 bits per heavy atom. The molecule has 38 heavy (non-hydrogen) atoms. The maximum absolute atomic E-state index is 13.3. The Morgan fingerprint density at radius 3 is 2.53 bits per heavy atom. The highest BCUT2D eigenvalue weighted by Gasteiger charge is 2.36. The third-order valence-corrected chi connectivity index (χ3v) is 6.20. The number of nitrogens with one attached hydrogen (secondary N) is 2. The third kappa shape index (κ3) is 5.99. The number of amides is 5. The number of carbonyl (C=O) groups is 4. The second-order valence-corrected chi connectivity index (χ2v) is 9.34. The number of carbonyl (C=O) groups excluding carboxylic acids is 4. The number of nitrogens with zero attached hydrogens (tertiary/aromatic N) is 1. The molecule has 9 nitrogen and oxygen atoms in total. The molecule has 1 fully saturated rings. The lowest BCUT2D eigenvalue weighted by Crippen LogP contribution is -2.54. The van der Waals surface area contributed by atoms with Crippen molar-refractivity contribution in [3.05, 3.63) is 86.8 Å². The summed E-state index contributed by atoms with van der Waals surface area (Å²) >= 11 is 1.98. The van der Waals surface area contributed by atoms with Gasteiger partial charge in [-0.15, -0.1) is 0 Å². The number of anilines is 2. The van der Waals surface area contributed by atoms with Crippen molar-refractivity contribution in [1.29, 1.82) is 0 Å². The number of hydrogen-bond acceptors (Lipinski definition) is 6. The molecule has 3 aromatic rings. The lowest BCUT2D eigenvalue weighted by molar-refractivity contribution is -0.122. The number of rotatable bonds is 7. The predicted molar refractivity (Wildman–Crippen MR) is 146 cm³/mol. The molecule has 0 saturated carbocycles. The highest BCUT2D eigenvalue weighted by atomic mass is 127. The lowest BCUT2D eigenvalue weighted by atomic mass is 10.1. The summed E-state index contributed by atoms with van der Waals surface area (Å²) in [4.78, 5) is 51.0. The maximum atomic E-state index is 13.3. The van der Waals surface area contributed by atoms with Crippen molar-refractivity contribution in [2.45, 2.75) is 6.92 Å². The summed E-state index contributed by atoms with van der Waals surface area (Å²) in [7, 11) is 1.41. The van der Waals surface area contributed by atoms with Crippen molar-refractivity contribution in [2.24, 2.45) is 0 Å². The van der Waals surface area contributed by atoms with Crippen LogP contribution in [0, 0.1) is 16.3 Å². The van der Waals surface area contributed by atoms with Gasteiger partial charge in [-0.05, 0) is 95.2 Å². The number of benzene rings is 3. The zero-order valence-electron chi connectivity index (χ0n) is 20.2. The molecule has 3 aromatic carbocycles. The molecule has 1 heterocycles. The number of methoxy groups -OCH3 is 1. The van der Waals surface area contributed by atoms with E-state index >= 15 is 0 Å². The molecule has 1 aliphatic rings. The van der Waals surface area contributed by atoms with Gasteiger partial charge in [0.15, 0.2) is 18.1 Å². The molecule has 1 saturated heterocycles. The molecule has 11 heteroatoms. The molecule has 0 atom stereocenters. The van der Waals surface area contributed by atoms with E-state index in [-0.39, 0.29) is 29.5 Å². The molecule has 2 N–H and O–H groups in total. The van der Waals surface area contributed by atoms with Crippen LogP contribution in [0.25, 0.3) is 6.08 Å². The summed E-state index contributed by atoms with van der Waals surface area (Å²) < 4.78 is 25.0. The summed E-state index contributed by atoms with van der Waals surface area (Å²) in [5.41, 5.74) is 1.85. The summed E-state index contributed by atoms with van der Waals surface area (Å²) in [6.45, 7) is 1.63. The van der Waals surface area contributed by atoms with E-state index in [4.69, 9.17) is 9.47 Å². The van der Waals surface area contributed by atoms with Crippen LogP contribution in [0.5, 0.6) is 11.5 Å². The average molecular weight is 629 g/mol. The Hall–Kier alpha value is -4.26. The van der Waals surface area contributed by atoms with Crippen LogP contribution in [0.1, 0.15) is 11.1 Å². The fourth-order valence-electron chi connectivity index (χ4n) is 3.67. The predicted octanol–water partition coefficient (Wildman–Crippen LogP) is 4.43. The van der Waals surface area contributed by atoms with E-state index < -0.39 is 23.7 Å². The van der Waals surface area contributed by atoms with Gasteiger partial charge < -0.3 is 14.8 Å². The average Bonchev–Trinajstić information content (AvgIpc) is 2.86. The molecule has 1 aliphatic heterocycles. The van der Waals surface area contributed by atoms with Crippen LogP contribution >= 0.6 is 22.6 Å². The van der Waals surface area contributed by atoms with Gasteiger partial charge in [-0.25, -0.2) is 14.1 Å². The third-order valence-electron chi connectivity index (χ3n) is 5.40. The standard InChI is InChI=1S/C27H21FIN3O6/c1-15-4-3-5-18(10-15)30-23(33)14-38-24-21(29)12-16(13-22(24)37-2)11-20-25(34)31-27(36)32(26(20)35)19-8-6-17(28)7-9-19/h3-13H,14H2,1-2H3,(H,30,33)(H,31,34,36)/b20-11+. The van der Waals surface area contributed by atoms with Crippen molar-refractivity contribution in [1.82, 2.24) is 5.32 Å². The molecule has 0 aromatic heterocycles. The number of barbiturate groups is 1. The molecular weight excluding hydrogens is 608 g/mol. The number of hydrogen-bond donors (Lipinski definition) is 2. The number of urea groups is 1. The van der Waals surface area contributed by atoms with Gasteiger partial charge in [-0.2, -0.15) is 0 Å². The zero-order chi connectivity index (χ0) is 27.4. The SMILES string of the molecule is COc1cc(/C=C2\C(=O)NC(=O)N(c3ccc(F)cc3)C2=O)cc(I)c1OCC(=O)Nc1cccc(C)c1. The second kappa shape index (κ2) is 11.4. The zero-order valence-corrected chi connectivity index (χ0v) is 22.4. The summed E-state index contributed by atoms with van der Waals surface area (Å²) in [5, 5.41) is 4.87. The van der Waals surface area contributed by atoms with Gasteiger partial charge in [-0.1, -0.05) is 12.1 Å². The monoisotopic (exact) mass is 629 g/mol. The molecule has 4 rings (SSSR count). The fourth-order valence-corrected chi connectivity index (χ4v) is 4.45. The smallest absolute Gasteiger partial charge is 0.335 e. The van der Waals surface area contributed by atoms with Crippen molar-refractivity contribution < 1.29 is 33.0 Å². The van der Waals surface area contributed by atoms with Crippen LogP contribution in [0.4, 0.5) is 20.6 Å². The van der Waals surface area contributed by atoms with Crippen molar-refractivity contribution in [2.75, 3.05) is 23.9 Å². The number of ether oxygens (including phenoxy) is 2. The van der Waals surface area contributed by atoms with E-state index in [0.29, 0.717) is 20.6 Å². The molecule has 0 bridgehead atoms. The van der Waals surface area contributed by atoms with Gasteiger partial charge in [0.05, 0.1) is 16.4 Å². The van der Waals surface area contributed by atoms with E-state index in [0.717, 1.165) is 22.6 Å². The Labute approximate surface area is 230 Å². The normalized spacial score (nSPS) is 14.4. The lowest BCUT2D eigenvalue weighted by Gasteiger charge is -2.26. The van der Waals surface area contributed by atoms with Gasteiger partial charge >= 0.3 is 6.03 Å². The van der Waals surface area contributed by atoms with Crippen LogP contribution in [0.2, 0.25) is 0 Å². The summed E-state index contributed by atoms with van der Waals surface area (Å²) in [6, 6.07) is 14.3. The quantitative estimate of drug-likeness (QED) is 0.227. The van der Waals surface area contributed by atoms with Crippen LogP contribution in [-0.4, -0.2) is 37.5 Å². The van der Waals surface area contributed by atoms with Crippen molar-refractivity contribution in [3.63, 3.8) is 0 Å². The number of imide groups is 2. The van der Waals surface area contributed by atoms with Crippen molar-refractivity contribution >= 4 is 63.8 Å². The van der Waals surface area contributed by atoms with Crippen LogP contribution in [0.15, 0.2) is 66.2 Å². The number of halogens is 2. The van der Waals surface area contributed by atoms with Crippen LogP contribution in [0.3, 0.4) is 0 Å². The largest absolute Gasteiger partial charge is 0.493 e. The van der Waals surface area contributed by atoms with Gasteiger partial charge in [0.2, 0.25) is 0 Å². The second-order valence-electron chi connectivity index (χ2n) is 8.17. The van der Waals surface area contributed by atoms with Gasteiger partial charge in [0, 0.05) is 5.69 Å². The Bertz CT molecular complexity index is 1470. The molecule has 5 amide bonds. The molecule has 194 valence electrons. The highest BCUT2D eigenvalue weighted by molar-refractivity contribution is 14.1. The van der Waals surface area contributed by atoms with Gasteiger partial charge in [-0.3, -0.25) is 19.7 Å². The molecule has 0 aliphatic carbocycles. The molecule has 0 unspecified atom stereocenters. The van der Waals surface area contributed by atoms with E-state index in [9.17, 15) is 23.6 Å². The van der Waals surface area contributed by atoms with E-state index in [1.54, 1.807) is 12.1 Å². The maximum Gasteiger partial charge on any atom is 0.335 e. The number of aryl methyl sites for hydroxylation is 1. The highest BCUT2D eigenvalue weighted by Crippen LogP contribution is 2.35. The first-order chi connectivity index (χ1) is 18.2. The van der Waals surface area contributed by atoms with Gasteiger partial charge in [0.1, 0.15) is 11.4 Å². The minimum Gasteiger partial charge on any atom is -0.493 e. The van der Waals surface area contributed by atoms with Crippen LogP contribution in [-0.2, 0) is 14.4 Å². The van der Waals surface area contributed by atoms with Crippen molar-refractivity contribution in [3.8, 4) is 11.5 Å². The Balaban J connectivity index is 1.55. The van der Waals surface area contributed by atoms with E-state index in [1.807, 2.05) is 47.7 Å². The summed E-state index contributed by atoms with van der Waals surface area (Å²) in [6.07, 6.45) is 1.31. The fraction of sp³-hybridized carbons (Fsp3) is 0.111. The molecule has 0 spiro atoms. The first-order valence-electron chi connectivity index (χ1n) is 11.2. The molecular formula is C27H21FIN3O6. The Morgan fingerprint density at radius 2 is 1.84 bits per heavy atom. The van der Waals surface area contributed by atoms with E-state index in [1.165, 1.54) is 31.4 Å². The van der Waals surface area contributed by atoms with Gasteiger partial charge in [0.25, 0.3) is 17.7 Å². The minimum absolute atomic E-state index is 0.104. The Kier molecular flexibility index (Phi) is 8.05. The first-order valence-corrected chi connectivity index (χ1v) is 12.3. The minimum atomic E-state index is -0.941. The molecule has 0 radical (unpaired) electrons. The van der Waals surface area contributed by atoms with Crippen LogP contribution < -0.4 is 25.0 Å². The van der Waals surface area contributed by atoms with E-state index in [2.05, 4.69) is 10.6 Å². The summed E-state index contributed by atoms with van der Waals surface area (Å²) in [5.74, 6) is -2.08.